The van der Waals surface area contributed by atoms with Crippen molar-refractivity contribution in [3.8, 4) is 0 Å². The molecule has 76 valence electrons. The monoisotopic (exact) mass is 195 g/mol. The van der Waals surface area contributed by atoms with Crippen LogP contribution in [0, 0.1) is 6.92 Å². The number of rotatable bonds is 2. The van der Waals surface area contributed by atoms with Crippen molar-refractivity contribution in [2.45, 2.75) is 38.6 Å². The maximum atomic E-state index is 10.7. The Kier molecular flexibility index (Phi) is 2.23. The molecule has 1 aliphatic heterocycles. The summed E-state index contributed by atoms with van der Waals surface area (Å²) < 4.78 is 1.97. The van der Waals surface area contributed by atoms with Crippen LogP contribution in [0.3, 0.4) is 0 Å². The lowest BCUT2D eigenvalue weighted by atomic mass is 10.0. The van der Waals surface area contributed by atoms with Crippen LogP contribution >= 0.6 is 0 Å². The maximum absolute atomic E-state index is 10.7. The minimum absolute atomic E-state index is 0.0475. The maximum Gasteiger partial charge on any atom is 0.305 e. The molecule has 1 unspecified atom stereocenters. The van der Waals surface area contributed by atoms with E-state index < -0.39 is 5.97 Å². The van der Waals surface area contributed by atoms with Crippen LogP contribution < -0.4 is 0 Å². The van der Waals surface area contributed by atoms with Crippen molar-refractivity contribution in [3.63, 3.8) is 0 Å². The number of carboxylic acid groups (broad SMARTS) is 1. The van der Waals surface area contributed by atoms with Crippen LogP contribution in [0.4, 0.5) is 0 Å². The largest absolute Gasteiger partial charge is 0.481 e. The molecule has 1 aliphatic rings. The summed E-state index contributed by atoms with van der Waals surface area (Å²) >= 11 is 0. The minimum Gasteiger partial charge on any atom is -0.481 e. The normalized spacial score (nSPS) is 20.5. The predicted molar refractivity (Wildman–Crippen MR) is 49.0 cm³/mol. The molecule has 1 aromatic rings. The van der Waals surface area contributed by atoms with Gasteiger partial charge in [-0.15, -0.1) is 10.2 Å². The molecule has 0 saturated heterocycles. The number of aryl methyl sites for hydroxylation is 2. The Morgan fingerprint density at radius 1 is 1.64 bits per heavy atom. The summed E-state index contributed by atoms with van der Waals surface area (Å²) in [6, 6.07) is 0.0475. The van der Waals surface area contributed by atoms with Crippen molar-refractivity contribution in [1.29, 1.82) is 0 Å². The van der Waals surface area contributed by atoms with E-state index in [2.05, 4.69) is 10.2 Å². The summed E-state index contributed by atoms with van der Waals surface area (Å²) in [6.07, 6.45) is 3.01. The first-order valence-electron chi connectivity index (χ1n) is 4.80. The zero-order valence-electron chi connectivity index (χ0n) is 8.10. The predicted octanol–water partition coefficient (Wildman–Crippen LogP) is 0.939. The van der Waals surface area contributed by atoms with Gasteiger partial charge in [-0.2, -0.15) is 0 Å². The quantitative estimate of drug-likeness (QED) is 0.762. The fourth-order valence-electron chi connectivity index (χ4n) is 2.08. The molecule has 0 saturated carbocycles. The third-order valence-electron chi connectivity index (χ3n) is 2.65. The van der Waals surface area contributed by atoms with Crippen LogP contribution in [0.2, 0.25) is 0 Å². The molecule has 0 aliphatic carbocycles. The first-order valence-corrected chi connectivity index (χ1v) is 4.80. The Labute approximate surface area is 81.8 Å². The van der Waals surface area contributed by atoms with Crippen molar-refractivity contribution in [2.24, 2.45) is 0 Å². The molecule has 2 rings (SSSR count). The molecule has 1 atom stereocenters. The average Bonchev–Trinajstić information content (AvgIpc) is 2.48. The SMILES string of the molecule is Cc1nnc2n1C(CC(=O)O)CCC2. The second-order valence-corrected chi connectivity index (χ2v) is 3.68. The van der Waals surface area contributed by atoms with Crippen LogP contribution in [0.25, 0.3) is 0 Å². The molecule has 1 aromatic heterocycles. The van der Waals surface area contributed by atoms with Gasteiger partial charge in [0.2, 0.25) is 0 Å². The highest BCUT2D eigenvalue weighted by Gasteiger charge is 2.24. The summed E-state index contributed by atoms with van der Waals surface area (Å²) in [5, 5.41) is 16.8. The van der Waals surface area contributed by atoms with Crippen LogP contribution in [0.5, 0.6) is 0 Å². The van der Waals surface area contributed by atoms with E-state index in [4.69, 9.17) is 5.11 Å². The molecule has 5 heteroatoms. The third kappa shape index (κ3) is 1.49. The number of nitrogens with zero attached hydrogens (tertiary/aromatic N) is 3. The summed E-state index contributed by atoms with van der Waals surface area (Å²) in [6.45, 7) is 1.87. The summed E-state index contributed by atoms with van der Waals surface area (Å²) in [5.74, 6) is 1.00. The molecule has 0 radical (unpaired) electrons. The Hall–Kier alpha value is -1.39. The van der Waals surface area contributed by atoms with E-state index in [1.165, 1.54) is 0 Å². The van der Waals surface area contributed by atoms with E-state index in [9.17, 15) is 4.79 Å². The van der Waals surface area contributed by atoms with Crippen molar-refractivity contribution in [2.75, 3.05) is 0 Å². The molecular weight excluding hydrogens is 182 g/mol. The number of carbonyl (C=O) groups is 1. The fourth-order valence-corrected chi connectivity index (χ4v) is 2.08. The van der Waals surface area contributed by atoms with Gasteiger partial charge in [-0.05, 0) is 19.8 Å². The molecule has 0 spiro atoms. The lowest BCUT2D eigenvalue weighted by Crippen LogP contribution is -2.21. The number of aliphatic carboxylic acids is 1. The topological polar surface area (TPSA) is 68.0 Å². The average molecular weight is 195 g/mol. The van der Waals surface area contributed by atoms with Gasteiger partial charge in [0.1, 0.15) is 11.6 Å². The lowest BCUT2D eigenvalue weighted by molar-refractivity contribution is -0.138. The van der Waals surface area contributed by atoms with Crippen molar-refractivity contribution < 1.29 is 9.90 Å². The summed E-state index contributed by atoms with van der Waals surface area (Å²) in [5.41, 5.74) is 0. The van der Waals surface area contributed by atoms with Gasteiger partial charge in [0, 0.05) is 12.5 Å². The van der Waals surface area contributed by atoms with E-state index in [0.29, 0.717) is 0 Å². The molecule has 0 aromatic carbocycles. The second-order valence-electron chi connectivity index (χ2n) is 3.68. The molecule has 5 nitrogen and oxygen atoms in total. The van der Waals surface area contributed by atoms with Crippen LogP contribution in [-0.4, -0.2) is 25.8 Å². The Balaban J connectivity index is 2.29. The van der Waals surface area contributed by atoms with Gasteiger partial charge in [-0.3, -0.25) is 4.79 Å². The highest BCUT2D eigenvalue weighted by atomic mass is 16.4. The minimum atomic E-state index is -0.754. The van der Waals surface area contributed by atoms with E-state index >= 15 is 0 Å². The van der Waals surface area contributed by atoms with Crippen molar-refractivity contribution in [1.82, 2.24) is 14.8 Å². The number of hydrogen-bond acceptors (Lipinski definition) is 3. The molecule has 0 bridgehead atoms. The number of hydrogen-bond donors (Lipinski definition) is 1. The molecule has 2 heterocycles. The van der Waals surface area contributed by atoms with E-state index in [-0.39, 0.29) is 12.5 Å². The highest BCUT2D eigenvalue weighted by molar-refractivity contribution is 5.67. The smallest absolute Gasteiger partial charge is 0.305 e. The van der Waals surface area contributed by atoms with Gasteiger partial charge in [0.15, 0.2) is 0 Å². The number of aromatic nitrogens is 3. The van der Waals surface area contributed by atoms with Crippen molar-refractivity contribution >= 4 is 5.97 Å². The molecule has 14 heavy (non-hydrogen) atoms. The Bertz CT molecular complexity index is 359. The Morgan fingerprint density at radius 2 is 2.43 bits per heavy atom. The van der Waals surface area contributed by atoms with Gasteiger partial charge in [-0.25, -0.2) is 0 Å². The number of carboxylic acids is 1. The van der Waals surface area contributed by atoms with E-state index in [0.717, 1.165) is 30.9 Å². The standard InChI is InChI=1S/C9H13N3O2/c1-6-10-11-8-4-2-3-7(12(6)8)5-9(13)14/h7H,2-5H2,1H3,(H,13,14). The summed E-state index contributed by atoms with van der Waals surface area (Å²) in [7, 11) is 0. The van der Waals surface area contributed by atoms with Gasteiger partial charge in [0.05, 0.1) is 6.42 Å². The van der Waals surface area contributed by atoms with E-state index in [1.807, 2.05) is 11.5 Å². The van der Waals surface area contributed by atoms with Crippen LogP contribution in [0.15, 0.2) is 0 Å². The first-order chi connectivity index (χ1) is 6.68. The Morgan fingerprint density at radius 3 is 3.14 bits per heavy atom. The van der Waals surface area contributed by atoms with E-state index in [1.54, 1.807) is 0 Å². The molecule has 1 N–H and O–H groups in total. The number of fused-ring (bicyclic) bond motifs is 1. The zero-order chi connectivity index (χ0) is 10.1. The molecule has 0 amide bonds. The fraction of sp³-hybridized carbons (Fsp3) is 0.667. The highest BCUT2D eigenvalue weighted by Crippen LogP contribution is 2.27. The summed E-state index contributed by atoms with van der Waals surface area (Å²) in [4.78, 5) is 10.7. The van der Waals surface area contributed by atoms with Crippen molar-refractivity contribution in [3.05, 3.63) is 11.6 Å². The van der Waals surface area contributed by atoms with Gasteiger partial charge < -0.3 is 9.67 Å². The van der Waals surface area contributed by atoms with Gasteiger partial charge in [-0.1, -0.05) is 0 Å². The lowest BCUT2D eigenvalue weighted by Gasteiger charge is -2.23. The van der Waals surface area contributed by atoms with Crippen LogP contribution in [0.1, 0.15) is 37.0 Å². The third-order valence-corrected chi connectivity index (χ3v) is 2.65. The molecular formula is C9H13N3O2. The molecule has 0 fully saturated rings. The van der Waals surface area contributed by atoms with Gasteiger partial charge >= 0.3 is 5.97 Å². The van der Waals surface area contributed by atoms with Crippen LogP contribution in [-0.2, 0) is 11.2 Å². The first kappa shape index (κ1) is 9.18. The zero-order valence-corrected chi connectivity index (χ0v) is 8.10. The van der Waals surface area contributed by atoms with Gasteiger partial charge in [0.25, 0.3) is 0 Å². The second kappa shape index (κ2) is 3.40.